The van der Waals surface area contributed by atoms with Crippen LogP contribution < -0.4 is 4.90 Å². The number of aryl methyl sites for hydroxylation is 2. The van der Waals surface area contributed by atoms with Crippen molar-refractivity contribution in [3.8, 4) is 0 Å². The lowest BCUT2D eigenvalue weighted by Gasteiger charge is -2.33. The van der Waals surface area contributed by atoms with Crippen molar-refractivity contribution in [2.75, 3.05) is 31.1 Å². The number of para-hydroxylation sites is 1. The summed E-state index contributed by atoms with van der Waals surface area (Å²) in [7, 11) is -3.57. The lowest BCUT2D eigenvalue weighted by atomic mass is 9.96. The first kappa shape index (κ1) is 25.3. The van der Waals surface area contributed by atoms with Crippen molar-refractivity contribution in [2.45, 2.75) is 57.0 Å². The summed E-state index contributed by atoms with van der Waals surface area (Å²) in [6.45, 7) is 5.93. The summed E-state index contributed by atoms with van der Waals surface area (Å²) >= 11 is 1.55. The van der Waals surface area contributed by atoms with Crippen LogP contribution in [0.25, 0.3) is 10.2 Å². The van der Waals surface area contributed by atoms with Gasteiger partial charge in [-0.05, 0) is 62.8 Å². The smallest absolute Gasteiger partial charge is 0.243 e. The molecule has 3 aromatic rings. The van der Waals surface area contributed by atoms with E-state index >= 15 is 0 Å². The van der Waals surface area contributed by atoms with Crippen LogP contribution in [0.4, 0.5) is 5.13 Å². The summed E-state index contributed by atoms with van der Waals surface area (Å²) < 4.78 is 34.7. The molecule has 2 fully saturated rings. The number of amides is 1. The fourth-order valence-electron chi connectivity index (χ4n) is 5.07. The molecule has 0 N–H and O–H groups in total. The molecule has 0 saturated carbocycles. The lowest BCUT2D eigenvalue weighted by molar-refractivity contribution is -0.123. The molecule has 0 spiro atoms. The van der Waals surface area contributed by atoms with Gasteiger partial charge in [0.15, 0.2) is 5.13 Å². The molecule has 1 aromatic heterocycles. The van der Waals surface area contributed by atoms with E-state index in [1.165, 1.54) is 9.87 Å². The summed E-state index contributed by atoms with van der Waals surface area (Å²) in [4.78, 5) is 20.9. The molecule has 1 unspecified atom stereocenters. The van der Waals surface area contributed by atoms with Gasteiger partial charge in [0.2, 0.25) is 15.9 Å². The number of sulfonamides is 1. The normalized spacial score (nSPS) is 19.7. The zero-order valence-corrected chi connectivity index (χ0v) is 22.5. The highest BCUT2D eigenvalue weighted by atomic mass is 32.2. The molecule has 9 heteroatoms. The van der Waals surface area contributed by atoms with Gasteiger partial charge in [0.05, 0.1) is 27.8 Å². The molecule has 2 aliphatic rings. The lowest BCUT2D eigenvalue weighted by Crippen LogP contribution is -2.46. The SMILES string of the molecule is CCc1cccc2sc(N(CC3CCCO3)C(=O)C3CCN(S(=O)(=O)c4ccc(C)cc4)CC3)nc12. The van der Waals surface area contributed by atoms with Crippen LogP contribution in [0.2, 0.25) is 0 Å². The van der Waals surface area contributed by atoms with Crippen LogP contribution in [0.1, 0.15) is 43.7 Å². The number of hydrogen-bond donors (Lipinski definition) is 0. The summed E-state index contributed by atoms with van der Waals surface area (Å²) in [5.41, 5.74) is 3.16. The number of carbonyl (C=O) groups is 1. The summed E-state index contributed by atoms with van der Waals surface area (Å²) in [6, 6.07) is 13.1. The number of benzene rings is 2. The van der Waals surface area contributed by atoms with Crippen LogP contribution in [0.15, 0.2) is 47.4 Å². The first-order valence-corrected chi connectivity index (χ1v) is 15.0. The van der Waals surface area contributed by atoms with E-state index < -0.39 is 10.0 Å². The van der Waals surface area contributed by atoms with Crippen LogP contribution in [0.5, 0.6) is 0 Å². The number of nitrogens with zero attached hydrogens (tertiary/aromatic N) is 3. The van der Waals surface area contributed by atoms with E-state index in [-0.39, 0.29) is 17.9 Å². The van der Waals surface area contributed by atoms with Gasteiger partial charge in [-0.25, -0.2) is 13.4 Å². The Hall–Kier alpha value is -2.33. The van der Waals surface area contributed by atoms with Crippen molar-refractivity contribution in [3.05, 3.63) is 53.6 Å². The second-order valence-electron chi connectivity index (χ2n) is 9.69. The third-order valence-corrected chi connectivity index (χ3v) is 10.2. The topological polar surface area (TPSA) is 79.8 Å². The largest absolute Gasteiger partial charge is 0.376 e. The van der Waals surface area contributed by atoms with Crippen LogP contribution >= 0.6 is 11.3 Å². The first-order valence-electron chi connectivity index (χ1n) is 12.7. The summed E-state index contributed by atoms with van der Waals surface area (Å²) in [6.07, 6.45) is 3.82. The van der Waals surface area contributed by atoms with Crippen LogP contribution in [-0.2, 0) is 26.0 Å². The third-order valence-electron chi connectivity index (χ3n) is 7.24. The number of carbonyl (C=O) groups excluding carboxylic acids is 1. The number of ether oxygens (including phenoxy) is 1. The first-order chi connectivity index (χ1) is 17.4. The number of piperidine rings is 1. The second-order valence-corrected chi connectivity index (χ2v) is 12.6. The van der Waals surface area contributed by atoms with Gasteiger partial charge in [-0.15, -0.1) is 0 Å². The highest BCUT2D eigenvalue weighted by molar-refractivity contribution is 7.89. The Kier molecular flexibility index (Phi) is 7.44. The molecule has 0 radical (unpaired) electrons. The van der Waals surface area contributed by atoms with E-state index in [0.717, 1.165) is 41.6 Å². The minimum Gasteiger partial charge on any atom is -0.376 e. The van der Waals surface area contributed by atoms with Crippen molar-refractivity contribution >= 4 is 42.6 Å². The van der Waals surface area contributed by atoms with Crippen molar-refractivity contribution in [3.63, 3.8) is 0 Å². The van der Waals surface area contributed by atoms with Crippen molar-refractivity contribution in [2.24, 2.45) is 5.92 Å². The molecular formula is C27H33N3O4S2. The number of aromatic nitrogens is 1. The highest BCUT2D eigenvalue weighted by Gasteiger charge is 2.36. The van der Waals surface area contributed by atoms with Gasteiger partial charge in [0.25, 0.3) is 0 Å². The maximum atomic E-state index is 13.9. The van der Waals surface area contributed by atoms with E-state index in [0.29, 0.717) is 42.5 Å². The van der Waals surface area contributed by atoms with Crippen molar-refractivity contribution < 1.29 is 17.9 Å². The molecule has 36 heavy (non-hydrogen) atoms. The van der Waals surface area contributed by atoms with Gasteiger partial charge in [0, 0.05) is 25.6 Å². The maximum Gasteiger partial charge on any atom is 0.243 e. The number of hydrogen-bond acceptors (Lipinski definition) is 6. The molecule has 1 atom stereocenters. The number of rotatable bonds is 7. The number of fused-ring (bicyclic) bond motifs is 1. The van der Waals surface area contributed by atoms with Crippen LogP contribution in [-0.4, -0.2) is 56.0 Å². The molecule has 3 heterocycles. The maximum absolute atomic E-state index is 13.9. The van der Waals surface area contributed by atoms with E-state index in [4.69, 9.17) is 9.72 Å². The number of anilines is 1. The van der Waals surface area contributed by atoms with E-state index in [1.807, 2.05) is 30.0 Å². The Labute approximate surface area is 217 Å². The quantitative estimate of drug-likeness (QED) is 0.442. The summed E-state index contributed by atoms with van der Waals surface area (Å²) in [5.74, 6) is -0.219. The Morgan fingerprint density at radius 2 is 1.89 bits per heavy atom. The zero-order chi connectivity index (χ0) is 25.3. The highest BCUT2D eigenvalue weighted by Crippen LogP contribution is 2.34. The van der Waals surface area contributed by atoms with Gasteiger partial charge < -0.3 is 4.74 Å². The third kappa shape index (κ3) is 5.07. The van der Waals surface area contributed by atoms with Crippen molar-refractivity contribution in [1.29, 1.82) is 0 Å². The molecule has 192 valence electrons. The predicted molar refractivity (Wildman–Crippen MR) is 143 cm³/mol. The van der Waals surface area contributed by atoms with Crippen LogP contribution in [0.3, 0.4) is 0 Å². The second kappa shape index (κ2) is 10.6. The zero-order valence-electron chi connectivity index (χ0n) is 20.9. The Morgan fingerprint density at radius 3 is 2.56 bits per heavy atom. The molecule has 2 saturated heterocycles. The molecule has 1 amide bonds. The summed E-state index contributed by atoms with van der Waals surface area (Å²) in [5, 5.41) is 0.709. The standard InChI is InChI=1S/C27H33N3O4S2/c1-3-20-6-4-8-24-25(20)28-27(35-24)30(18-22-7-5-17-34-22)26(31)21-13-15-29(16-14-21)36(32,33)23-11-9-19(2)10-12-23/h4,6,8-12,21-22H,3,5,7,13-18H2,1-2H3. The Morgan fingerprint density at radius 1 is 1.14 bits per heavy atom. The van der Waals surface area contributed by atoms with E-state index in [2.05, 4.69) is 19.1 Å². The van der Waals surface area contributed by atoms with E-state index in [9.17, 15) is 13.2 Å². The minimum absolute atomic E-state index is 0.00797. The molecule has 5 rings (SSSR count). The van der Waals surface area contributed by atoms with E-state index in [1.54, 1.807) is 23.5 Å². The molecule has 7 nitrogen and oxygen atoms in total. The predicted octanol–water partition coefficient (Wildman–Crippen LogP) is 4.78. The Bertz CT molecular complexity index is 1320. The van der Waals surface area contributed by atoms with Crippen molar-refractivity contribution in [1.82, 2.24) is 9.29 Å². The molecule has 0 aliphatic carbocycles. The minimum atomic E-state index is -3.57. The molecule has 2 aromatic carbocycles. The monoisotopic (exact) mass is 527 g/mol. The average molecular weight is 528 g/mol. The molecule has 2 aliphatic heterocycles. The molecular weight excluding hydrogens is 494 g/mol. The fraction of sp³-hybridized carbons (Fsp3) is 0.481. The Balaban J connectivity index is 1.35. The van der Waals surface area contributed by atoms with Gasteiger partial charge in [0.1, 0.15) is 0 Å². The number of thiazole rings is 1. The van der Waals surface area contributed by atoms with Gasteiger partial charge in [-0.1, -0.05) is 48.1 Å². The average Bonchev–Trinajstić information content (AvgIpc) is 3.57. The van der Waals surface area contributed by atoms with Gasteiger partial charge in [-0.3, -0.25) is 9.69 Å². The van der Waals surface area contributed by atoms with Gasteiger partial charge in [-0.2, -0.15) is 4.31 Å². The van der Waals surface area contributed by atoms with Crippen LogP contribution in [0, 0.1) is 12.8 Å². The molecule has 0 bridgehead atoms. The van der Waals surface area contributed by atoms with Gasteiger partial charge >= 0.3 is 0 Å². The fourth-order valence-corrected chi connectivity index (χ4v) is 7.57.